The van der Waals surface area contributed by atoms with Gasteiger partial charge in [0.1, 0.15) is 0 Å². The number of hydrogen-bond donors (Lipinski definition) is 1. The van der Waals surface area contributed by atoms with E-state index in [9.17, 15) is 4.79 Å². The van der Waals surface area contributed by atoms with Crippen molar-refractivity contribution in [1.82, 2.24) is 19.8 Å². The predicted octanol–water partition coefficient (Wildman–Crippen LogP) is 3.33. The van der Waals surface area contributed by atoms with Crippen LogP contribution >= 0.6 is 0 Å². The van der Waals surface area contributed by atoms with Crippen molar-refractivity contribution in [3.8, 4) is 11.3 Å². The van der Waals surface area contributed by atoms with E-state index in [2.05, 4.69) is 15.6 Å². The molecule has 128 valence electrons. The highest BCUT2D eigenvalue weighted by molar-refractivity contribution is 5.89. The summed E-state index contributed by atoms with van der Waals surface area (Å²) in [4.78, 5) is 14.2. The van der Waals surface area contributed by atoms with Gasteiger partial charge in [0.2, 0.25) is 0 Å². The fraction of sp³-hybridized carbons (Fsp3) is 0.278. The van der Waals surface area contributed by atoms with Crippen LogP contribution in [0, 0.1) is 6.92 Å². The molecule has 25 heavy (non-hydrogen) atoms. The second-order valence-corrected chi connectivity index (χ2v) is 6.26. The van der Waals surface area contributed by atoms with Crippen molar-refractivity contribution in [3.05, 3.63) is 54.4 Å². The van der Waals surface area contributed by atoms with E-state index in [1.54, 1.807) is 11.0 Å². The van der Waals surface area contributed by atoms with Crippen molar-refractivity contribution in [2.75, 3.05) is 18.4 Å². The number of aromatic nitrogens is 3. The summed E-state index contributed by atoms with van der Waals surface area (Å²) in [5.41, 5.74) is 2.05. The Balaban J connectivity index is 1.39. The van der Waals surface area contributed by atoms with Crippen LogP contribution in [-0.4, -0.2) is 39.0 Å². The van der Waals surface area contributed by atoms with Gasteiger partial charge in [-0.15, -0.1) is 0 Å². The first-order valence-electron chi connectivity index (χ1n) is 8.28. The molecule has 1 aromatic carbocycles. The average Bonchev–Trinajstić information content (AvgIpc) is 3.35. The van der Waals surface area contributed by atoms with Crippen LogP contribution in [0.2, 0.25) is 0 Å². The van der Waals surface area contributed by atoms with Crippen molar-refractivity contribution in [1.29, 1.82) is 0 Å². The number of carbonyl (C=O) groups excluding carboxylic acids is 1. The SMILES string of the molecule is Cc1cnn(C2CCN(C(=O)Nc3cc(-c4ccccc4)on3)C2)c1. The Morgan fingerprint density at radius 1 is 1.32 bits per heavy atom. The van der Waals surface area contributed by atoms with E-state index in [-0.39, 0.29) is 12.1 Å². The van der Waals surface area contributed by atoms with Crippen molar-refractivity contribution in [2.45, 2.75) is 19.4 Å². The highest BCUT2D eigenvalue weighted by atomic mass is 16.5. The molecule has 7 heteroatoms. The van der Waals surface area contributed by atoms with E-state index in [4.69, 9.17) is 4.52 Å². The number of amides is 2. The van der Waals surface area contributed by atoms with Crippen LogP contribution in [0.5, 0.6) is 0 Å². The lowest BCUT2D eigenvalue weighted by molar-refractivity contribution is 0.220. The first-order valence-corrected chi connectivity index (χ1v) is 8.28. The molecule has 1 atom stereocenters. The molecule has 0 bridgehead atoms. The van der Waals surface area contributed by atoms with Gasteiger partial charge in [-0.1, -0.05) is 35.5 Å². The van der Waals surface area contributed by atoms with E-state index in [1.165, 1.54) is 0 Å². The number of likely N-dealkylation sites (tertiary alicyclic amines) is 1. The Kier molecular flexibility index (Phi) is 3.97. The minimum absolute atomic E-state index is 0.167. The van der Waals surface area contributed by atoms with Crippen LogP contribution in [0.4, 0.5) is 10.6 Å². The molecule has 0 saturated carbocycles. The van der Waals surface area contributed by atoms with Gasteiger partial charge >= 0.3 is 6.03 Å². The van der Waals surface area contributed by atoms with E-state index < -0.39 is 0 Å². The quantitative estimate of drug-likeness (QED) is 0.795. The molecule has 0 aliphatic carbocycles. The van der Waals surface area contributed by atoms with Gasteiger partial charge in [-0.25, -0.2) is 4.79 Å². The van der Waals surface area contributed by atoms with Gasteiger partial charge in [-0.2, -0.15) is 5.10 Å². The van der Waals surface area contributed by atoms with E-state index >= 15 is 0 Å². The number of aryl methyl sites for hydroxylation is 1. The van der Waals surface area contributed by atoms with Crippen LogP contribution in [0.1, 0.15) is 18.0 Å². The van der Waals surface area contributed by atoms with Crippen molar-refractivity contribution < 1.29 is 9.32 Å². The first kappa shape index (κ1) is 15.4. The van der Waals surface area contributed by atoms with Gasteiger partial charge in [-0.3, -0.25) is 10.00 Å². The number of nitrogens with zero attached hydrogens (tertiary/aromatic N) is 4. The smallest absolute Gasteiger partial charge is 0.323 e. The third-order valence-electron chi connectivity index (χ3n) is 4.36. The summed E-state index contributed by atoms with van der Waals surface area (Å²) in [6.45, 7) is 3.34. The third kappa shape index (κ3) is 3.26. The number of urea groups is 1. The minimum Gasteiger partial charge on any atom is -0.354 e. The monoisotopic (exact) mass is 337 g/mol. The molecule has 2 amide bonds. The minimum atomic E-state index is -0.167. The first-order chi connectivity index (χ1) is 12.2. The van der Waals surface area contributed by atoms with Gasteiger partial charge in [0, 0.05) is 30.9 Å². The third-order valence-corrected chi connectivity index (χ3v) is 4.36. The molecule has 1 aliphatic rings. The Morgan fingerprint density at radius 2 is 2.16 bits per heavy atom. The maximum Gasteiger partial charge on any atom is 0.323 e. The number of carbonyl (C=O) groups is 1. The molecule has 0 radical (unpaired) electrons. The van der Waals surface area contributed by atoms with Crippen LogP contribution in [-0.2, 0) is 0 Å². The zero-order chi connectivity index (χ0) is 17.2. The molecule has 3 heterocycles. The lowest BCUT2D eigenvalue weighted by atomic mass is 10.2. The molecule has 1 saturated heterocycles. The van der Waals surface area contributed by atoms with Gasteiger partial charge in [0.25, 0.3) is 0 Å². The van der Waals surface area contributed by atoms with Crippen LogP contribution in [0.25, 0.3) is 11.3 Å². The number of hydrogen-bond acceptors (Lipinski definition) is 4. The molecule has 1 unspecified atom stereocenters. The second kappa shape index (κ2) is 6.43. The summed E-state index contributed by atoms with van der Waals surface area (Å²) in [5.74, 6) is 1.05. The Bertz CT molecular complexity index is 870. The number of anilines is 1. The van der Waals surface area contributed by atoms with Crippen LogP contribution < -0.4 is 5.32 Å². The number of rotatable bonds is 3. The van der Waals surface area contributed by atoms with E-state index in [0.717, 1.165) is 17.5 Å². The zero-order valence-electron chi connectivity index (χ0n) is 13.9. The van der Waals surface area contributed by atoms with Crippen molar-refractivity contribution in [3.63, 3.8) is 0 Å². The molecule has 1 fully saturated rings. The Morgan fingerprint density at radius 3 is 2.92 bits per heavy atom. The highest BCUT2D eigenvalue weighted by Gasteiger charge is 2.28. The lowest BCUT2D eigenvalue weighted by Gasteiger charge is -2.16. The maximum atomic E-state index is 12.4. The average molecular weight is 337 g/mol. The molecule has 1 aliphatic heterocycles. The number of benzene rings is 1. The van der Waals surface area contributed by atoms with Gasteiger partial charge < -0.3 is 9.42 Å². The maximum absolute atomic E-state index is 12.4. The highest BCUT2D eigenvalue weighted by Crippen LogP contribution is 2.24. The van der Waals surface area contributed by atoms with Gasteiger partial charge in [0.05, 0.1) is 12.2 Å². The summed E-state index contributed by atoms with van der Waals surface area (Å²) in [5, 5.41) is 11.1. The standard InChI is InChI=1S/C18H19N5O2/c1-13-10-19-23(11-13)15-7-8-22(12-15)18(24)20-17-9-16(25-21-17)14-5-3-2-4-6-14/h2-6,9-11,15H,7-8,12H2,1H3,(H,20,21,24). The van der Waals surface area contributed by atoms with Gasteiger partial charge in [-0.05, 0) is 18.9 Å². The van der Waals surface area contributed by atoms with Crippen molar-refractivity contribution in [2.24, 2.45) is 0 Å². The fourth-order valence-corrected chi connectivity index (χ4v) is 3.04. The van der Waals surface area contributed by atoms with E-state index in [0.29, 0.717) is 24.7 Å². The summed E-state index contributed by atoms with van der Waals surface area (Å²) >= 11 is 0. The van der Waals surface area contributed by atoms with Gasteiger partial charge in [0.15, 0.2) is 11.6 Å². The summed E-state index contributed by atoms with van der Waals surface area (Å²) in [7, 11) is 0. The second-order valence-electron chi connectivity index (χ2n) is 6.26. The van der Waals surface area contributed by atoms with Crippen molar-refractivity contribution >= 4 is 11.8 Å². The summed E-state index contributed by atoms with van der Waals surface area (Å²) in [6, 6.07) is 11.4. The molecule has 3 aromatic rings. The van der Waals surface area contributed by atoms with Crippen LogP contribution in [0.15, 0.2) is 53.3 Å². The Labute approximate surface area is 145 Å². The number of nitrogens with one attached hydrogen (secondary N) is 1. The molecular weight excluding hydrogens is 318 g/mol. The molecule has 0 spiro atoms. The predicted molar refractivity (Wildman–Crippen MR) is 93.1 cm³/mol. The Hall–Kier alpha value is -3.09. The zero-order valence-corrected chi connectivity index (χ0v) is 13.9. The molecule has 4 rings (SSSR count). The molecule has 7 nitrogen and oxygen atoms in total. The largest absolute Gasteiger partial charge is 0.354 e. The molecular formula is C18H19N5O2. The van der Waals surface area contributed by atoms with Crippen LogP contribution in [0.3, 0.4) is 0 Å². The van der Waals surface area contributed by atoms with E-state index in [1.807, 2.05) is 54.3 Å². The fourth-order valence-electron chi connectivity index (χ4n) is 3.04. The summed E-state index contributed by atoms with van der Waals surface area (Å²) in [6.07, 6.45) is 4.74. The molecule has 1 N–H and O–H groups in total. The molecule has 2 aromatic heterocycles. The normalized spacial score (nSPS) is 17.0. The summed E-state index contributed by atoms with van der Waals surface area (Å²) < 4.78 is 7.25. The lowest BCUT2D eigenvalue weighted by Crippen LogP contribution is -2.33. The topological polar surface area (TPSA) is 76.2 Å².